The fourth-order valence-electron chi connectivity index (χ4n) is 7.91. The largest absolute Gasteiger partial charge is 0.0616 e. The molecule has 0 spiro atoms. The first-order valence-electron chi connectivity index (χ1n) is 17.3. The zero-order valence-electron chi connectivity index (χ0n) is 27.5. The molecule has 50 heavy (non-hydrogen) atoms. The molecule has 0 radical (unpaired) electrons. The fourth-order valence-corrected chi connectivity index (χ4v) is 7.91. The summed E-state index contributed by atoms with van der Waals surface area (Å²) in [5.41, 5.74) is 9.88. The van der Waals surface area contributed by atoms with Crippen molar-refractivity contribution in [1.82, 2.24) is 0 Å². The minimum absolute atomic E-state index is 1.22. The van der Waals surface area contributed by atoms with E-state index < -0.39 is 0 Å². The van der Waals surface area contributed by atoms with Crippen LogP contribution in [0.2, 0.25) is 0 Å². The van der Waals surface area contributed by atoms with Crippen molar-refractivity contribution >= 4 is 53.9 Å². The molecule has 10 rings (SSSR count). The molecule has 0 unspecified atom stereocenters. The molecule has 10 aromatic rings. The second-order valence-corrected chi connectivity index (χ2v) is 13.3. The van der Waals surface area contributed by atoms with Crippen LogP contribution in [0.25, 0.3) is 98.4 Å². The monoisotopic (exact) mass is 632 g/mol. The number of rotatable bonds is 4. The second-order valence-electron chi connectivity index (χ2n) is 13.3. The van der Waals surface area contributed by atoms with Gasteiger partial charge >= 0.3 is 0 Å². The Morgan fingerprint density at radius 1 is 0.200 bits per heavy atom. The topological polar surface area (TPSA) is 0 Å². The molecular formula is C50H32. The van der Waals surface area contributed by atoms with Crippen molar-refractivity contribution in [3.05, 3.63) is 194 Å². The molecule has 0 amide bonds. The van der Waals surface area contributed by atoms with Crippen LogP contribution in [0.5, 0.6) is 0 Å². The molecule has 232 valence electrons. The zero-order valence-corrected chi connectivity index (χ0v) is 27.5. The summed E-state index contributed by atoms with van der Waals surface area (Å²) in [4.78, 5) is 0. The Labute approximate surface area is 291 Å². The van der Waals surface area contributed by atoms with Crippen molar-refractivity contribution in [3.63, 3.8) is 0 Å². The van der Waals surface area contributed by atoms with E-state index in [0.29, 0.717) is 0 Å². The first-order chi connectivity index (χ1) is 24.8. The Kier molecular flexibility index (Phi) is 6.60. The third kappa shape index (κ3) is 4.77. The highest BCUT2D eigenvalue weighted by molar-refractivity contribution is 6.14. The first-order valence-corrected chi connectivity index (χ1v) is 17.3. The summed E-state index contributed by atoms with van der Waals surface area (Å²) in [5, 5.41) is 12.5. The van der Waals surface area contributed by atoms with Gasteiger partial charge in [0.2, 0.25) is 0 Å². The number of fused-ring (bicyclic) bond motifs is 5. The van der Waals surface area contributed by atoms with Gasteiger partial charge in [-0.3, -0.25) is 0 Å². The molecule has 0 heteroatoms. The summed E-state index contributed by atoms with van der Waals surface area (Å²) >= 11 is 0. The van der Waals surface area contributed by atoms with Crippen molar-refractivity contribution < 1.29 is 0 Å². The highest BCUT2D eigenvalue weighted by atomic mass is 14.2. The Hall–Kier alpha value is -6.50. The van der Waals surface area contributed by atoms with Gasteiger partial charge in [-0.05, 0) is 123 Å². The molecule has 0 saturated carbocycles. The molecule has 0 aliphatic carbocycles. The Morgan fingerprint density at radius 2 is 0.480 bits per heavy atom. The van der Waals surface area contributed by atoms with E-state index in [1.807, 2.05) is 0 Å². The third-order valence-electron chi connectivity index (χ3n) is 10.4. The summed E-state index contributed by atoms with van der Waals surface area (Å²) in [5.74, 6) is 0. The van der Waals surface area contributed by atoms with E-state index in [1.54, 1.807) is 0 Å². The molecule has 0 nitrogen and oxygen atoms in total. The predicted molar refractivity (Wildman–Crippen MR) is 216 cm³/mol. The van der Waals surface area contributed by atoms with Crippen molar-refractivity contribution in [2.24, 2.45) is 0 Å². The highest BCUT2D eigenvalue weighted by Gasteiger charge is 2.19. The molecule has 0 heterocycles. The number of hydrogen-bond acceptors (Lipinski definition) is 0. The van der Waals surface area contributed by atoms with E-state index in [0.717, 1.165) is 0 Å². The van der Waals surface area contributed by atoms with Crippen LogP contribution >= 0.6 is 0 Å². The van der Waals surface area contributed by atoms with E-state index >= 15 is 0 Å². The van der Waals surface area contributed by atoms with Gasteiger partial charge in [-0.15, -0.1) is 0 Å². The van der Waals surface area contributed by atoms with E-state index in [2.05, 4.69) is 194 Å². The quantitative estimate of drug-likeness (QED) is 0.181. The maximum absolute atomic E-state index is 2.36. The van der Waals surface area contributed by atoms with E-state index in [4.69, 9.17) is 0 Å². The van der Waals surface area contributed by atoms with Crippen LogP contribution < -0.4 is 0 Å². The molecule has 0 aliphatic heterocycles. The summed E-state index contributed by atoms with van der Waals surface area (Å²) < 4.78 is 0. The van der Waals surface area contributed by atoms with Crippen molar-refractivity contribution in [2.45, 2.75) is 0 Å². The summed E-state index contributed by atoms with van der Waals surface area (Å²) in [7, 11) is 0. The lowest BCUT2D eigenvalue weighted by Crippen LogP contribution is -1.93. The van der Waals surface area contributed by atoms with Crippen LogP contribution in [0.3, 0.4) is 0 Å². The van der Waals surface area contributed by atoms with Gasteiger partial charge in [0, 0.05) is 0 Å². The van der Waals surface area contributed by atoms with Crippen LogP contribution in [0.1, 0.15) is 0 Å². The molecule has 0 bridgehead atoms. The lowest BCUT2D eigenvalue weighted by Gasteiger charge is -2.20. The minimum Gasteiger partial charge on any atom is -0.0616 e. The normalized spacial score (nSPS) is 11.6. The van der Waals surface area contributed by atoms with E-state index in [-0.39, 0.29) is 0 Å². The van der Waals surface area contributed by atoms with Gasteiger partial charge in [0.05, 0.1) is 0 Å². The Bertz CT molecular complexity index is 2730. The summed E-state index contributed by atoms with van der Waals surface area (Å²) in [6.07, 6.45) is 0. The van der Waals surface area contributed by atoms with Gasteiger partial charge in [-0.2, -0.15) is 0 Å². The maximum atomic E-state index is 2.36. The molecule has 0 N–H and O–H groups in total. The molecule has 0 atom stereocenters. The van der Waals surface area contributed by atoms with E-state index in [1.165, 1.54) is 98.4 Å². The molecule has 0 saturated heterocycles. The third-order valence-corrected chi connectivity index (χ3v) is 10.4. The SMILES string of the molecule is c1ccc2cc(-c3ccc4c(-c5ccc6ccccc6c5)c(-c5ccc6ccccc6c5)ccc4c3-c3ccc4ccccc4c3)ccc2c1. The number of benzene rings is 10. The van der Waals surface area contributed by atoms with Gasteiger partial charge < -0.3 is 0 Å². The van der Waals surface area contributed by atoms with E-state index in [9.17, 15) is 0 Å². The highest BCUT2D eigenvalue weighted by Crippen LogP contribution is 2.46. The fraction of sp³-hybridized carbons (Fsp3) is 0. The molecule has 0 fully saturated rings. The average Bonchev–Trinajstić information content (AvgIpc) is 3.19. The molecule has 0 aromatic heterocycles. The van der Waals surface area contributed by atoms with Crippen LogP contribution in [-0.2, 0) is 0 Å². The minimum atomic E-state index is 1.22. The van der Waals surface area contributed by atoms with Crippen molar-refractivity contribution in [3.8, 4) is 44.5 Å². The second kappa shape index (κ2) is 11.6. The van der Waals surface area contributed by atoms with Gasteiger partial charge in [-0.1, -0.05) is 170 Å². The van der Waals surface area contributed by atoms with Gasteiger partial charge in [0.15, 0.2) is 0 Å². The van der Waals surface area contributed by atoms with Gasteiger partial charge in [0.25, 0.3) is 0 Å². The predicted octanol–water partition coefficient (Wildman–Crippen LogP) is 14.1. The molecule has 10 aromatic carbocycles. The first kappa shape index (κ1) is 28.5. The standard InChI is InChI=1S/C50H32/c1-5-13-37-29-41(21-17-33(37)9-1)45-25-27-48-47(49(45)43-23-19-35-11-3-7-15-39(35)31-43)28-26-46(42-22-18-34-10-2-6-14-38(34)30-42)50(48)44-24-20-36-12-4-8-16-40(36)32-44/h1-32H. The van der Waals surface area contributed by atoms with Gasteiger partial charge in [-0.25, -0.2) is 0 Å². The molecular weight excluding hydrogens is 601 g/mol. The lowest BCUT2D eigenvalue weighted by molar-refractivity contribution is 1.61. The zero-order chi connectivity index (χ0) is 33.0. The Morgan fingerprint density at radius 3 is 0.820 bits per heavy atom. The summed E-state index contributed by atoms with van der Waals surface area (Å²) in [6.45, 7) is 0. The van der Waals surface area contributed by atoms with Crippen LogP contribution in [-0.4, -0.2) is 0 Å². The van der Waals surface area contributed by atoms with Gasteiger partial charge in [0.1, 0.15) is 0 Å². The van der Waals surface area contributed by atoms with Crippen molar-refractivity contribution in [1.29, 1.82) is 0 Å². The summed E-state index contributed by atoms with van der Waals surface area (Å²) in [6, 6.07) is 71.6. The number of hydrogen-bond donors (Lipinski definition) is 0. The lowest BCUT2D eigenvalue weighted by atomic mass is 9.83. The van der Waals surface area contributed by atoms with Crippen LogP contribution in [0.15, 0.2) is 194 Å². The molecule has 0 aliphatic rings. The Balaban J connectivity index is 1.31. The van der Waals surface area contributed by atoms with Crippen LogP contribution in [0.4, 0.5) is 0 Å². The van der Waals surface area contributed by atoms with Crippen LogP contribution in [0, 0.1) is 0 Å². The average molecular weight is 633 g/mol. The maximum Gasteiger partial charge on any atom is -0.00264 e. The van der Waals surface area contributed by atoms with Crippen molar-refractivity contribution in [2.75, 3.05) is 0 Å². The smallest absolute Gasteiger partial charge is 0.00264 e.